The van der Waals surface area contributed by atoms with E-state index in [0.717, 1.165) is 17.8 Å². The maximum atomic E-state index is 2.86. The molecule has 0 N–H and O–H groups in total. The third-order valence-corrected chi connectivity index (χ3v) is 30.2. The van der Waals surface area contributed by atoms with Crippen LogP contribution in [0.4, 0.5) is 0 Å². The Morgan fingerprint density at radius 3 is 2.29 bits per heavy atom. The zero-order valence-electron chi connectivity index (χ0n) is 17.4. The Hall–Kier alpha value is 0.434. The number of hydrogen-bond acceptors (Lipinski definition) is 0. The van der Waals surface area contributed by atoms with Gasteiger partial charge in [0.15, 0.2) is 0 Å². The topological polar surface area (TPSA) is 0 Å². The Labute approximate surface area is 154 Å². The SMILES string of the molecule is CCCCC1CCC([Si](C)(C)[Si](C)(C)C2CCC3CCCCC32)C1. The molecule has 0 saturated heterocycles. The summed E-state index contributed by atoms with van der Waals surface area (Å²) < 4.78 is 0. The van der Waals surface area contributed by atoms with E-state index in [9.17, 15) is 0 Å². The number of unbranched alkanes of at least 4 members (excludes halogenated alkanes) is 1. The van der Waals surface area contributed by atoms with Gasteiger partial charge in [-0.2, -0.15) is 0 Å². The van der Waals surface area contributed by atoms with E-state index < -0.39 is 15.2 Å². The van der Waals surface area contributed by atoms with Crippen molar-refractivity contribution in [1.82, 2.24) is 0 Å². The fourth-order valence-corrected chi connectivity index (χ4v) is 21.2. The van der Waals surface area contributed by atoms with Gasteiger partial charge in [0.25, 0.3) is 0 Å². The van der Waals surface area contributed by atoms with Crippen LogP contribution in [0.3, 0.4) is 0 Å². The van der Waals surface area contributed by atoms with Crippen molar-refractivity contribution in [3.63, 3.8) is 0 Å². The lowest BCUT2D eigenvalue weighted by Crippen LogP contribution is -2.61. The number of fused-ring (bicyclic) bond motifs is 1. The van der Waals surface area contributed by atoms with E-state index in [1.807, 2.05) is 0 Å². The second kappa shape index (κ2) is 7.58. The summed E-state index contributed by atoms with van der Waals surface area (Å²) in [5.41, 5.74) is 2.36. The minimum atomic E-state index is -1.09. The molecule has 5 unspecified atom stereocenters. The Morgan fingerprint density at radius 2 is 1.54 bits per heavy atom. The largest absolute Gasteiger partial charge is 0.0711 e. The van der Waals surface area contributed by atoms with Crippen molar-refractivity contribution in [2.24, 2.45) is 17.8 Å². The second-order valence-electron chi connectivity index (χ2n) is 10.9. The highest BCUT2D eigenvalue weighted by atomic mass is 29.3. The first-order valence-corrected chi connectivity index (χ1v) is 18.5. The van der Waals surface area contributed by atoms with Crippen LogP contribution in [0.25, 0.3) is 0 Å². The molecule has 3 fully saturated rings. The summed E-state index contributed by atoms with van der Waals surface area (Å²) in [6.07, 6.45) is 18.7. The van der Waals surface area contributed by atoms with Gasteiger partial charge >= 0.3 is 0 Å². The van der Waals surface area contributed by atoms with Gasteiger partial charge in [-0.15, -0.1) is 0 Å². The van der Waals surface area contributed by atoms with Gasteiger partial charge in [0.1, 0.15) is 0 Å². The van der Waals surface area contributed by atoms with Gasteiger partial charge in [0, 0.05) is 15.2 Å². The molecule has 140 valence electrons. The molecule has 3 saturated carbocycles. The van der Waals surface area contributed by atoms with Crippen molar-refractivity contribution in [2.45, 2.75) is 121 Å². The molecule has 0 aliphatic heterocycles. The van der Waals surface area contributed by atoms with Crippen molar-refractivity contribution in [1.29, 1.82) is 0 Å². The fraction of sp³-hybridized carbons (Fsp3) is 1.00. The zero-order valence-corrected chi connectivity index (χ0v) is 19.4. The summed E-state index contributed by atoms with van der Waals surface area (Å²) in [7, 11) is -2.17. The zero-order chi connectivity index (χ0) is 17.4. The number of rotatable bonds is 6. The predicted octanol–water partition coefficient (Wildman–Crippen LogP) is 7.81. The molecule has 0 radical (unpaired) electrons. The van der Waals surface area contributed by atoms with E-state index in [0.29, 0.717) is 0 Å². The van der Waals surface area contributed by atoms with Gasteiger partial charge in [-0.25, -0.2) is 0 Å². The summed E-state index contributed by atoms with van der Waals surface area (Å²) in [4.78, 5) is 0. The van der Waals surface area contributed by atoms with Gasteiger partial charge in [-0.3, -0.25) is 0 Å². The van der Waals surface area contributed by atoms with Crippen LogP contribution in [-0.2, 0) is 0 Å². The highest BCUT2D eigenvalue weighted by Crippen LogP contribution is 2.57. The van der Waals surface area contributed by atoms with E-state index in [1.165, 1.54) is 30.3 Å². The summed E-state index contributed by atoms with van der Waals surface area (Å²) in [5, 5.41) is 0. The van der Waals surface area contributed by atoms with Crippen LogP contribution in [0.15, 0.2) is 0 Å². The summed E-state index contributed by atoms with van der Waals surface area (Å²) >= 11 is 0. The molecule has 3 rings (SSSR count). The molecule has 0 aromatic heterocycles. The van der Waals surface area contributed by atoms with Crippen LogP contribution in [0, 0.1) is 17.8 Å². The van der Waals surface area contributed by atoms with Gasteiger partial charge in [0.05, 0.1) is 0 Å². The minimum Gasteiger partial charge on any atom is -0.0711 e. The highest BCUT2D eigenvalue weighted by Gasteiger charge is 2.55. The first-order chi connectivity index (χ1) is 11.4. The Kier molecular flexibility index (Phi) is 6.07. The van der Waals surface area contributed by atoms with E-state index in [4.69, 9.17) is 0 Å². The fourth-order valence-electron chi connectivity index (χ4n) is 7.12. The lowest BCUT2D eigenvalue weighted by molar-refractivity contribution is 0.275. The minimum absolute atomic E-state index is 1.08. The normalized spacial score (nSPS) is 37.6. The lowest BCUT2D eigenvalue weighted by Gasteiger charge is -2.49. The van der Waals surface area contributed by atoms with Crippen molar-refractivity contribution < 1.29 is 0 Å². The average molecular weight is 365 g/mol. The van der Waals surface area contributed by atoms with Gasteiger partial charge in [0.2, 0.25) is 0 Å². The lowest BCUT2D eigenvalue weighted by atomic mass is 9.82. The monoisotopic (exact) mass is 364 g/mol. The predicted molar refractivity (Wildman–Crippen MR) is 114 cm³/mol. The van der Waals surface area contributed by atoms with Crippen LogP contribution in [-0.4, -0.2) is 15.2 Å². The smallest absolute Gasteiger partial charge is 0.0448 e. The van der Waals surface area contributed by atoms with Crippen molar-refractivity contribution in [2.75, 3.05) is 0 Å². The Bertz CT molecular complexity index is 414. The molecular weight excluding hydrogens is 320 g/mol. The Morgan fingerprint density at radius 1 is 0.792 bits per heavy atom. The summed E-state index contributed by atoms with van der Waals surface area (Å²) in [6.45, 7) is 13.8. The van der Waals surface area contributed by atoms with Crippen LogP contribution >= 0.6 is 0 Å². The van der Waals surface area contributed by atoms with E-state index in [1.54, 1.807) is 57.8 Å². The van der Waals surface area contributed by atoms with Crippen LogP contribution in [0.2, 0.25) is 37.3 Å². The highest BCUT2D eigenvalue weighted by molar-refractivity contribution is 7.41. The third-order valence-electron chi connectivity index (χ3n) is 9.45. The standard InChI is InChI=1S/C22H44Si2/c1-6-7-10-18-13-15-20(17-18)23(2,3)24(4,5)22-16-14-19-11-8-9-12-21(19)22/h18-22H,6-17H2,1-5H3. The van der Waals surface area contributed by atoms with Crippen LogP contribution < -0.4 is 0 Å². The van der Waals surface area contributed by atoms with Crippen molar-refractivity contribution >= 4 is 15.2 Å². The molecule has 0 amide bonds. The van der Waals surface area contributed by atoms with Gasteiger partial charge in [-0.1, -0.05) is 110 Å². The molecular formula is C22H44Si2. The molecule has 0 bridgehead atoms. The molecule has 3 aliphatic rings. The first kappa shape index (κ1) is 19.2. The molecule has 2 heteroatoms. The molecule has 24 heavy (non-hydrogen) atoms. The van der Waals surface area contributed by atoms with Gasteiger partial charge < -0.3 is 0 Å². The second-order valence-corrected chi connectivity index (χ2v) is 27.0. The molecule has 0 aromatic carbocycles. The summed E-state index contributed by atoms with van der Waals surface area (Å²) in [6, 6.07) is 0. The van der Waals surface area contributed by atoms with E-state index in [2.05, 4.69) is 33.1 Å². The molecule has 0 heterocycles. The molecule has 0 aromatic rings. The number of hydrogen-bond donors (Lipinski definition) is 0. The van der Waals surface area contributed by atoms with Crippen LogP contribution in [0.5, 0.6) is 0 Å². The van der Waals surface area contributed by atoms with Crippen molar-refractivity contribution in [3.05, 3.63) is 0 Å². The maximum absolute atomic E-state index is 2.86. The average Bonchev–Trinajstić information content (AvgIpc) is 3.20. The molecule has 5 atom stereocenters. The van der Waals surface area contributed by atoms with Gasteiger partial charge in [-0.05, 0) is 28.8 Å². The molecule has 0 nitrogen and oxygen atoms in total. The summed E-state index contributed by atoms with van der Waals surface area (Å²) in [5.74, 6) is 3.39. The van der Waals surface area contributed by atoms with Crippen LogP contribution in [0.1, 0.15) is 84.0 Å². The third kappa shape index (κ3) is 3.48. The Balaban J connectivity index is 1.68. The molecule has 0 spiro atoms. The van der Waals surface area contributed by atoms with E-state index in [-0.39, 0.29) is 0 Å². The first-order valence-electron chi connectivity index (χ1n) is 11.4. The quantitative estimate of drug-likeness (QED) is 0.421. The van der Waals surface area contributed by atoms with E-state index >= 15 is 0 Å². The maximum Gasteiger partial charge on any atom is 0.0448 e. The molecule has 3 aliphatic carbocycles. The van der Waals surface area contributed by atoms with Crippen molar-refractivity contribution in [3.8, 4) is 0 Å².